The van der Waals surface area contributed by atoms with Crippen LogP contribution in [0.3, 0.4) is 0 Å². The number of aryl methyl sites for hydroxylation is 1. The Labute approximate surface area is 311 Å². The first kappa shape index (κ1) is 37.2. The summed E-state index contributed by atoms with van der Waals surface area (Å²) in [7, 11) is 1.52. The van der Waals surface area contributed by atoms with E-state index in [9.17, 15) is 19.2 Å². The lowest BCUT2D eigenvalue weighted by Gasteiger charge is -2.33. The molecule has 0 saturated carbocycles. The molecule has 53 heavy (non-hydrogen) atoms. The van der Waals surface area contributed by atoms with Crippen LogP contribution in [0.4, 0.5) is 9.59 Å². The number of nitrogens with two attached hydrogens (primary N) is 2. The number of fused-ring (bicyclic) bond motifs is 2. The summed E-state index contributed by atoms with van der Waals surface area (Å²) in [5.74, 6) is -0.791. The minimum Gasteiger partial charge on any atom is -0.497 e. The van der Waals surface area contributed by atoms with Crippen molar-refractivity contribution < 1.29 is 23.9 Å². The van der Waals surface area contributed by atoms with E-state index in [2.05, 4.69) is 25.9 Å². The summed E-state index contributed by atoms with van der Waals surface area (Å²) < 4.78 is 10.5. The Morgan fingerprint density at radius 2 is 1.36 bits per heavy atom. The van der Waals surface area contributed by atoms with E-state index < -0.39 is 22.9 Å². The number of hydrogen-bond acceptors (Lipinski definition) is 8. The third kappa shape index (κ3) is 7.94. The molecule has 1 aromatic carbocycles. The molecule has 6 rings (SSSR count). The summed E-state index contributed by atoms with van der Waals surface area (Å²) in [6.07, 6.45) is 3.92. The Morgan fingerprint density at radius 3 is 1.89 bits per heavy atom. The molecule has 0 bridgehead atoms. The van der Waals surface area contributed by atoms with Crippen molar-refractivity contribution >= 4 is 35.5 Å². The van der Waals surface area contributed by atoms with Crippen LogP contribution < -0.4 is 26.8 Å². The van der Waals surface area contributed by atoms with E-state index >= 15 is 0 Å². The molecule has 0 aliphatic carbocycles. The summed E-state index contributed by atoms with van der Waals surface area (Å²) in [5.41, 5.74) is 14.2. The molecule has 2 aliphatic heterocycles. The van der Waals surface area contributed by atoms with E-state index in [-0.39, 0.29) is 36.3 Å². The highest BCUT2D eigenvalue weighted by Gasteiger charge is 2.33. The molecule has 0 spiro atoms. The average molecular weight is 749 g/mol. The topological polar surface area (TPSA) is 214 Å². The number of urea groups is 2. The van der Waals surface area contributed by atoms with E-state index in [4.69, 9.17) is 27.8 Å². The fourth-order valence-corrected chi connectivity index (χ4v) is 6.78. The molecule has 5 heterocycles. The molecule has 0 saturated heterocycles. The summed E-state index contributed by atoms with van der Waals surface area (Å²) >= 11 is 6.29. The van der Waals surface area contributed by atoms with Gasteiger partial charge in [-0.25, -0.2) is 9.59 Å². The van der Waals surface area contributed by atoms with E-state index in [1.165, 1.54) is 7.11 Å². The maximum atomic E-state index is 13.6. The van der Waals surface area contributed by atoms with Crippen LogP contribution in [-0.2, 0) is 32.7 Å². The van der Waals surface area contributed by atoms with Crippen LogP contribution in [0.25, 0.3) is 22.5 Å². The van der Waals surface area contributed by atoms with Crippen LogP contribution in [0.15, 0.2) is 30.6 Å². The van der Waals surface area contributed by atoms with Gasteiger partial charge in [-0.3, -0.25) is 23.6 Å². The van der Waals surface area contributed by atoms with Gasteiger partial charge in [0.2, 0.25) is 0 Å². The second-order valence-corrected chi connectivity index (χ2v) is 15.4. The van der Waals surface area contributed by atoms with Crippen molar-refractivity contribution in [1.29, 1.82) is 0 Å². The number of aromatic nitrogens is 6. The Balaban J connectivity index is 1.12. The maximum Gasteiger partial charge on any atom is 0.318 e. The van der Waals surface area contributed by atoms with Gasteiger partial charge in [0, 0.05) is 53.1 Å². The van der Waals surface area contributed by atoms with Gasteiger partial charge in [-0.2, -0.15) is 15.3 Å². The lowest BCUT2D eigenvalue weighted by Crippen LogP contribution is -2.52. The number of ether oxygens (including phenoxy) is 1. The first-order chi connectivity index (χ1) is 24.9. The number of nitrogens with zero attached hydrogens (tertiary/aromatic N) is 8. The van der Waals surface area contributed by atoms with Crippen molar-refractivity contribution in [3.05, 3.63) is 58.1 Å². The van der Waals surface area contributed by atoms with Gasteiger partial charge in [-0.1, -0.05) is 11.6 Å². The lowest BCUT2D eigenvalue weighted by molar-refractivity contribution is 0.0989. The van der Waals surface area contributed by atoms with Gasteiger partial charge < -0.3 is 36.6 Å². The van der Waals surface area contributed by atoms with Gasteiger partial charge in [0.15, 0.2) is 0 Å². The van der Waals surface area contributed by atoms with E-state index in [1.807, 2.05) is 34.6 Å². The van der Waals surface area contributed by atoms with E-state index in [0.29, 0.717) is 83.8 Å². The standard InChI is InChI=1S/C35H45ClN12O5/c1-34(2,3)40-32(51)44-9-11-48-25(18-44)27(31(38)50)29(43-48)21-16-39-46(17-21)8-7-35(4,5)41-33(52)45-10-12-47-24(19-45)26(30(37)49)28(42-47)20-13-22(36)15-23(14-20)53-6/h13-17H,7-12,18-19H2,1-6H3,(H2,37,49)(H2,38,50)(H,40,51)(H,41,52). The van der Waals surface area contributed by atoms with Gasteiger partial charge in [-0.15, -0.1) is 0 Å². The number of carbonyl (C=O) groups excluding carboxylic acids is 4. The summed E-state index contributed by atoms with van der Waals surface area (Å²) in [4.78, 5) is 55.1. The number of benzene rings is 1. The highest BCUT2D eigenvalue weighted by atomic mass is 35.5. The molecule has 3 aromatic heterocycles. The van der Waals surface area contributed by atoms with Crippen LogP contribution in [0.1, 0.15) is 73.1 Å². The number of nitrogens with one attached hydrogen (secondary N) is 2. The van der Waals surface area contributed by atoms with E-state index in [1.54, 1.807) is 54.4 Å². The molecule has 282 valence electrons. The second kappa shape index (κ2) is 14.1. The number of carbonyl (C=O) groups is 4. The Hall–Kier alpha value is -5.58. The molecule has 18 heteroatoms. The SMILES string of the molecule is COc1cc(Cl)cc(-c2nn3c(c2C(N)=O)CN(C(=O)NC(C)(C)CCn2cc(-c4nn5c(c4C(N)=O)CN(C(=O)NC(C)(C)C)CC5)cn2)CC3)c1. The molecule has 0 radical (unpaired) electrons. The fourth-order valence-electron chi connectivity index (χ4n) is 6.55. The van der Waals surface area contributed by atoms with Crippen molar-refractivity contribution in [3.8, 4) is 28.3 Å². The normalized spacial score (nSPS) is 14.4. The first-order valence-corrected chi connectivity index (χ1v) is 17.6. The number of halogens is 1. The zero-order chi connectivity index (χ0) is 38.4. The largest absolute Gasteiger partial charge is 0.497 e. The predicted octanol–water partition coefficient (Wildman–Crippen LogP) is 3.19. The number of amides is 6. The van der Waals surface area contributed by atoms with Crippen LogP contribution in [0.2, 0.25) is 5.02 Å². The minimum absolute atomic E-state index is 0.128. The van der Waals surface area contributed by atoms with Crippen molar-refractivity contribution in [1.82, 2.24) is 49.8 Å². The average Bonchev–Trinajstić information content (AvgIpc) is 3.80. The fraction of sp³-hybridized carbons (Fsp3) is 0.457. The van der Waals surface area contributed by atoms with Crippen LogP contribution in [0.5, 0.6) is 5.75 Å². The van der Waals surface area contributed by atoms with Gasteiger partial charge in [0.1, 0.15) is 17.1 Å². The maximum absolute atomic E-state index is 13.6. The number of primary amides is 2. The molecular weight excluding hydrogens is 704 g/mol. The van der Waals surface area contributed by atoms with Gasteiger partial charge in [0.05, 0.1) is 62.0 Å². The number of methoxy groups -OCH3 is 1. The zero-order valence-corrected chi connectivity index (χ0v) is 31.5. The Morgan fingerprint density at radius 1 is 0.811 bits per heavy atom. The van der Waals surface area contributed by atoms with Crippen molar-refractivity contribution in [3.63, 3.8) is 0 Å². The predicted molar refractivity (Wildman–Crippen MR) is 196 cm³/mol. The molecular formula is C35H45ClN12O5. The monoisotopic (exact) mass is 748 g/mol. The third-order valence-corrected chi connectivity index (χ3v) is 9.43. The number of hydrogen-bond donors (Lipinski definition) is 4. The van der Waals surface area contributed by atoms with Gasteiger partial charge in [0.25, 0.3) is 11.8 Å². The molecule has 6 amide bonds. The molecule has 0 atom stereocenters. The highest BCUT2D eigenvalue weighted by molar-refractivity contribution is 6.31. The second-order valence-electron chi connectivity index (χ2n) is 15.0. The van der Waals surface area contributed by atoms with Gasteiger partial charge in [-0.05, 0) is 59.2 Å². The molecule has 6 N–H and O–H groups in total. The van der Waals surface area contributed by atoms with Crippen LogP contribution >= 0.6 is 11.6 Å². The lowest BCUT2D eigenvalue weighted by atomic mass is 10.0. The molecule has 0 fully saturated rings. The zero-order valence-electron chi connectivity index (χ0n) is 30.7. The van der Waals surface area contributed by atoms with Gasteiger partial charge >= 0.3 is 12.1 Å². The van der Waals surface area contributed by atoms with Crippen LogP contribution in [-0.4, -0.2) is 94.3 Å². The quantitative estimate of drug-likeness (QED) is 0.199. The van der Waals surface area contributed by atoms with Crippen LogP contribution in [0, 0.1) is 0 Å². The third-order valence-electron chi connectivity index (χ3n) is 9.21. The minimum atomic E-state index is -0.662. The Bertz CT molecular complexity index is 2090. The van der Waals surface area contributed by atoms with Crippen molar-refractivity contribution in [2.75, 3.05) is 20.2 Å². The van der Waals surface area contributed by atoms with E-state index in [0.717, 1.165) is 0 Å². The molecule has 0 unspecified atom stereocenters. The van der Waals surface area contributed by atoms with Crippen molar-refractivity contribution in [2.24, 2.45) is 11.5 Å². The first-order valence-electron chi connectivity index (χ1n) is 17.2. The number of rotatable bonds is 9. The Kier molecular flexibility index (Phi) is 9.89. The molecule has 2 aliphatic rings. The summed E-state index contributed by atoms with van der Waals surface area (Å²) in [6, 6.07) is 4.54. The molecule has 17 nitrogen and oxygen atoms in total. The summed E-state index contributed by atoms with van der Waals surface area (Å²) in [6.45, 7) is 11.9. The molecule has 4 aromatic rings. The van der Waals surface area contributed by atoms with Crippen molar-refractivity contribution in [2.45, 2.75) is 84.8 Å². The highest BCUT2D eigenvalue weighted by Crippen LogP contribution is 2.33. The summed E-state index contributed by atoms with van der Waals surface area (Å²) in [5, 5.41) is 20.3. The smallest absolute Gasteiger partial charge is 0.318 e.